The van der Waals surface area contributed by atoms with Gasteiger partial charge in [0.15, 0.2) is 5.78 Å². The van der Waals surface area contributed by atoms with Crippen LogP contribution in [0.1, 0.15) is 46.0 Å². The van der Waals surface area contributed by atoms with Gasteiger partial charge in [-0.1, -0.05) is 6.07 Å². The first-order valence-corrected chi connectivity index (χ1v) is 7.37. The number of likely N-dealkylation sites (tertiary alicyclic amines) is 1. The topological polar surface area (TPSA) is 57.6 Å². The Labute approximate surface area is 125 Å². The maximum absolute atomic E-state index is 11.8. The van der Waals surface area contributed by atoms with Gasteiger partial charge in [0.1, 0.15) is 0 Å². The molecule has 1 unspecified atom stereocenters. The van der Waals surface area contributed by atoms with Crippen LogP contribution in [0.3, 0.4) is 0 Å². The first kappa shape index (κ1) is 15.7. The van der Waals surface area contributed by atoms with Crippen molar-refractivity contribution >= 4 is 11.8 Å². The molecule has 4 nitrogen and oxygen atoms in total. The van der Waals surface area contributed by atoms with Gasteiger partial charge in [0, 0.05) is 18.7 Å². The lowest BCUT2D eigenvalue weighted by atomic mass is 9.91. The average Bonchev–Trinajstić information content (AvgIpc) is 2.82. The van der Waals surface area contributed by atoms with Crippen molar-refractivity contribution in [3.63, 3.8) is 0 Å². The number of carbonyl (C=O) groups excluding carboxylic acids is 1. The molecule has 114 valence electrons. The van der Waals surface area contributed by atoms with E-state index in [0.29, 0.717) is 13.0 Å². The third-order valence-corrected chi connectivity index (χ3v) is 4.49. The molecule has 1 atom stereocenters. The molecule has 2 rings (SSSR count). The Kier molecular flexibility index (Phi) is 4.47. The number of hydrogen-bond donors (Lipinski definition) is 1. The Balaban J connectivity index is 2.27. The van der Waals surface area contributed by atoms with Crippen LogP contribution >= 0.6 is 0 Å². The minimum absolute atomic E-state index is 0.0936. The second-order valence-corrected chi connectivity index (χ2v) is 6.10. The van der Waals surface area contributed by atoms with Gasteiger partial charge in [0.05, 0.1) is 5.92 Å². The number of benzene rings is 1. The summed E-state index contributed by atoms with van der Waals surface area (Å²) < 4.78 is 0. The van der Waals surface area contributed by atoms with Gasteiger partial charge in [-0.2, -0.15) is 0 Å². The second kappa shape index (κ2) is 5.98. The Morgan fingerprint density at radius 3 is 2.48 bits per heavy atom. The minimum atomic E-state index is -0.709. The number of aryl methyl sites for hydroxylation is 2. The molecule has 0 amide bonds. The molecule has 4 heteroatoms. The Hall–Kier alpha value is -1.68. The first-order valence-electron chi connectivity index (χ1n) is 7.37. The van der Waals surface area contributed by atoms with E-state index in [1.807, 2.05) is 13.8 Å². The van der Waals surface area contributed by atoms with Crippen molar-refractivity contribution < 1.29 is 14.7 Å². The second-order valence-electron chi connectivity index (χ2n) is 6.10. The number of rotatable bonds is 4. The number of aliphatic carboxylic acids is 1. The Bertz CT molecular complexity index is 592. The molecule has 0 spiro atoms. The van der Waals surface area contributed by atoms with Gasteiger partial charge in [-0.25, -0.2) is 0 Å². The van der Waals surface area contributed by atoms with E-state index in [2.05, 4.69) is 17.9 Å². The third kappa shape index (κ3) is 3.16. The number of hydrogen-bond acceptors (Lipinski definition) is 3. The Morgan fingerprint density at radius 2 is 1.95 bits per heavy atom. The molecular formula is C17H23NO3. The van der Waals surface area contributed by atoms with Crippen molar-refractivity contribution in [1.82, 2.24) is 4.90 Å². The van der Waals surface area contributed by atoms with Crippen LogP contribution in [0.2, 0.25) is 0 Å². The van der Waals surface area contributed by atoms with Gasteiger partial charge in [0.2, 0.25) is 0 Å². The highest BCUT2D eigenvalue weighted by Crippen LogP contribution is 2.26. The van der Waals surface area contributed by atoms with E-state index in [1.54, 1.807) is 6.92 Å². The molecule has 1 N–H and O–H groups in total. The molecule has 0 bridgehead atoms. The van der Waals surface area contributed by atoms with E-state index < -0.39 is 5.97 Å². The smallest absolute Gasteiger partial charge is 0.307 e. The van der Waals surface area contributed by atoms with Gasteiger partial charge >= 0.3 is 5.97 Å². The van der Waals surface area contributed by atoms with Crippen molar-refractivity contribution in [2.45, 2.75) is 40.7 Å². The van der Waals surface area contributed by atoms with Crippen molar-refractivity contribution in [3.05, 3.63) is 33.9 Å². The molecule has 1 aromatic rings. The molecule has 1 fully saturated rings. The summed E-state index contributed by atoms with van der Waals surface area (Å²) in [5.74, 6) is -0.876. The van der Waals surface area contributed by atoms with Crippen molar-refractivity contribution in [1.29, 1.82) is 0 Å². The molecule has 21 heavy (non-hydrogen) atoms. The molecule has 1 aliphatic rings. The molecule has 1 aliphatic heterocycles. The molecule has 1 saturated heterocycles. The maximum atomic E-state index is 11.8. The van der Waals surface area contributed by atoms with E-state index in [0.717, 1.165) is 35.3 Å². The molecule has 0 aromatic heterocycles. The zero-order valence-corrected chi connectivity index (χ0v) is 13.2. The van der Waals surface area contributed by atoms with Crippen molar-refractivity contribution in [3.8, 4) is 0 Å². The van der Waals surface area contributed by atoms with Crippen LogP contribution in [-0.4, -0.2) is 34.8 Å². The standard InChI is InChI=1S/C17H23NO3/c1-10-7-11(2)16(13(4)19)12(3)15(10)9-18-6-5-14(8-18)17(20)21/h7,14H,5-6,8-9H2,1-4H3,(H,20,21). The lowest BCUT2D eigenvalue weighted by molar-refractivity contribution is -0.141. The molecule has 1 aromatic carbocycles. The Morgan fingerprint density at radius 1 is 1.29 bits per heavy atom. The summed E-state index contributed by atoms with van der Waals surface area (Å²) in [5, 5.41) is 9.09. The van der Waals surface area contributed by atoms with Crippen LogP contribution < -0.4 is 0 Å². The van der Waals surface area contributed by atoms with Crippen LogP contribution in [0.4, 0.5) is 0 Å². The number of nitrogens with zero attached hydrogens (tertiary/aromatic N) is 1. The number of carbonyl (C=O) groups is 2. The van der Waals surface area contributed by atoms with E-state index in [9.17, 15) is 9.59 Å². The lowest BCUT2D eigenvalue weighted by Gasteiger charge is -2.21. The molecule has 0 saturated carbocycles. The zero-order chi connectivity index (χ0) is 15.7. The number of Topliss-reactive ketones (excluding diaryl/α,β-unsaturated/α-hetero) is 1. The molecule has 0 aliphatic carbocycles. The van der Waals surface area contributed by atoms with E-state index in [4.69, 9.17) is 5.11 Å². The monoisotopic (exact) mass is 289 g/mol. The van der Waals surface area contributed by atoms with Crippen LogP contribution in [0.15, 0.2) is 6.07 Å². The van der Waals surface area contributed by atoms with Crippen LogP contribution in [0, 0.1) is 26.7 Å². The lowest BCUT2D eigenvalue weighted by Crippen LogP contribution is -2.24. The van der Waals surface area contributed by atoms with E-state index in [-0.39, 0.29) is 11.7 Å². The summed E-state index contributed by atoms with van der Waals surface area (Å²) in [4.78, 5) is 25.1. The summed E-state index contributed by atoms with van der Waals surface area (Å²) in [7, 11) is 0. The number of carboxylic acids is 1. The number of carboxylic acid groups (broad SMARTS) is 1. The van der Waals surface area contributed by atoms with Crippen LogP contribution in [-0.2, 0) is 11.3 Å². The summed E-state index contributed by atoms with van der Waals surface area (Å²) in [5.41, 5.74) is 5.21. The fourth-order valence-electron chi connectivity index (χ4n) is 3.41. The zero-order valence-electron chi connectivity index (χ0n) is 13.2. The average molecular weight is 289 g/mol. The fraction of sp³-hybridized carbons (Fsp3) is 0.529. The first-order chi connectivity index (χ1) is 9.81. The van der Waals surface area contributed by atoms with Gasteiger partial charge < -0.3 is 5.11 Å². The highest BCUT2D eigenvalue weighted by atomic mass is 16.4. The summed E-state index contributed by atoms with van der Waals surface area (Å²) >= 11 is 0. The maximum Gasteiger partial charge on any atom is 0.307 e. The van der Waals surface area contributed by atoms with Gasteiger partial charge in [-0.05, 0) is 62.9 Å². The molecule has 0 radical (unpaired) electrons. The molecular weight excluding hydrogens is 266 g/mol. The van der Waals surface area contributed by atoms with Gasteiger partial charge in [0.25, 0.3) is 0 Å². The van der Waals surface area contributed by atoms with E-state index in [1.165, 1.54) is 5.56 Å². The SMILES string of the molecule is CC(=O)c1c(C)cc(C)c(CN2CCC(C(=O)O)C2)c1C. The summed E-state index contributed by atoms with van der Waals surface area (Å²) in [6.45, 7) is 9.75. The van der Waals surface area contributed by atoms with Crippen LogP contribution in [0.5, 0.6) is 0 Å². The predicted octanol–water partition coefficient (Wildman–Crippen LogP) is 2.72. The van der Waals surface area contributed by atoms with Crippen LogP contribution in [0.25, 0.3) is 0 Å². The van der Waals surface area contributed by atoms with Gasteiger partial charge in [-0.15, -0.1) is 0 Å². The largest absolute Gasteiger partial charge is 0.481 e. The summed E-state index contributed by atoms with van der Waals surface area (Å²) in [6, 6.07) is 2.06. The third-order valence-electron chi connectivity index (χ3n) is 4.49. The van der Waals surface area contributed by atoms with E-state index >= 15 is 0 Å². The van der Waals surface area contributed by atoms with Gasteiger partial charge in [-0.3, -0.25) is 14.5 Å². The van der Waals surface area contributed by atoms with Crippen molar-refractivity contribution in [2.75, 3.05) is 13.1 Å². The molecule has 1 heterocycles. The quantitative estimate of drug-likeness (QED) is 0.866. The van der Waals surface area contributed by atoms with Crippen molar-refractivity contribution in [2.24, 2.45) is 5.92 Å². The predicted molar refractivity (Wildman–Crippen MR) is 81.7 cm³/mol. The number of ketones is 1. The highest BCUT2D eigenvalue weighted by molar-refractivity contribution is 5.97. The summed E-state index contributed by atoms with van der Waals surface area (Å²) in [6.07, 6.45) is 0.707. The minimum Gasteiger partial charge on any atom is -0.481 e. The normalized spacial score (nSPS) is 19.0. The highest BCUT2D eigenvalue weighted by Gasteiger charge is 2.28. The fourth-order valence-corrected chi connectivity index (χ4v) is 3.41.